The third-order valence-corrected chi connectivity index (χ3v) is 2.82. The lowest BCUT2D eigenvalue weighted by molar-refractivity contribution is -0.137. The van der Waals surface area contributed by atoms with Gasteiger partial charge in [-0.25, -0.2) is 0 Å². The zero-order valence-electron chi connectivity index (χ0n) is 11.9. The predicted octanol–water partition coefficient (Wildman–Crippen LogP) is 2.31. The van der Waals surface area contributed by atoms with E-state index in [-0.39, 0.29) is 18.2 Å². The van der Waals surface area contributed by atoms with E-state index in [1.54, 1.807) is 13.2 Å². The molecule has 110 valence electrons. The van der Waals surface area contributed by atoms with E-state index in [1.165, 1.54) is 0 Å². The second kappa shape index (κ2) is 8.32. The Balaban J connectivity index is 2.52. The molecule has 0 aromatic heterocycles. The van der Waals surface area contributed by atoms with Crippen LogP contribution in [0.3, 0.4) is 0 Å². The Labute approximate surface area is 118 Å². The maximum absolute atomic E-state index is 11.8. The third-order valence-electron chi connectivity index (χ3n) is 2.82. The van der Waals surface area contributed by atoms with Gasteiger partial charge in [0, 0.05) is 32.2 Å². The van der Waals surface area contributed by atoms with Crippen LogP contribution in [0.25, 0.3) is 0 Å². The third kappa shape index (κ3) is 6.33. The summed E-state index contributed by atoms with van der Waals surface area (Å²) in [6, 6.07) is 7.27. The summed E-state index contributed by atoms with van der Waals surface area (Å²) in [5.74, 6) is -0.729. The number of nitrogens with one attached hydrogen (secondary N) is 1. The minimum atomic E-state index is -0.826. The number of rotatable bonds is 8. The average Bonchev–Trinajstić information content (AvgIpc) is 2.36. The van der Waals surface area contributed by atoms with Gasteiger partial charge < -0.3 is 15.2 Å². The molecule has 0 saturated heterocycles. The molecule has 1 unspecified atom stereocenters. The van der Waals surface area contributed by atoms with E-state index >= 15 is 0 Å². The Morgan fingerprint density at radius 1 is 1.40 bits per heavy atom. The van der Waals surface area contributed by atoms with Crippen molar-refractivity contribution in [2.24, 2.45) is 5.92 Å². The minimum Gasteiger partial charge on any atom is -0.481 e. The van der Waals surface area contributed by atoms with Crippen molar-refractivity contribution in [2.45, 2.75) is 26.2 Å². The van der Waals surface area contributed by atoms with Crippen molar-refractivity contribution in [1.82, 2.24) is 0 Å². The molecular weight excluding hydrogens is 258 g/mol. The first-order chi connectivity index (χ1) is 9.51. The number of hydrogen-bond acceptors (Lipinski definition) is 3. The van der Waals surface area contributed by atoms with Gasteiger partial charge in [-0.1, -0.05) is 19.1 Å². The van der Waals surface area contributed by atoms with E-state index < -0.39 is 5.97 Å². The van der Waals surface area contributed by atoms with Gasteiger partial charge >= 0.3 is 5.97 Å². The molecule has 0 saturated carbocycles. The molecule has 0 heterocycles. The number of anilines is 1. The molecule has 0 aliphatic heterocycles. The molecule has 0 aliphatic carbocycles. The van der Waals surface area contributed by atoms with Gasteiger partial charge in [0.05, 0.1) is 0 Å². The molecule has 1 aromatic carbocycles. The number of hydrogen-bond donors (Lipinski definition) is 2. The van der Waals surface area contributed by atoms with Crippen LogP contribution in [0.5, 0.6) is 0 Å². The van der Waals surface area contributed by atoms with Gasteiger partial charge in [0.25, 0.3) is 0 Å². The first-order valence-corrected chi connectivity index (χ1v) is 6.60. The first-order valence-electron chi connectivity index (χ1n) is 6.60. The molecular formula is C15H21NO4. The average molecular weight is 279 g/mol. The number of benzene rings is 1. The van der Waals surface area contributed by atoms with Crippen molar-refractivity contribution < 1.29 is 19.4 Å². The fourth-order valence-corrected chi connectivity index (χ4v) is 1.93. The van der Waals surface area contributed by atoms with Crippen molar-refractivity contribution in [3.63, 3.8) is 0 Å². The molecule has 1 atom stereocenters. The highest BCUT2D eigenvalue weighted by Crippen LogP contribution is 2.13. The van der Waals surface area contributed by atoms with Gasteiger partial charge in [-0.05, 0) is 30.0 Å². The predicted molar refractivity (Wildman–Crippen MR) is 76.7 cm³/mol. The molecule has 1 amide bonds. The van der Waals surface area contributed by atoms with Crippen molar-refractivity contribution in [2.75, 3.05) is 19.0 Å². The summed E-state index contributed by atoms with van der Waals surface area (Å²) >= 11 is 0. The topological polar surface area (TPSA) is 75.6 Å². The van der Waals surface area contributed by atoms with E-state index in [0.717, 1.165) is 5.56 Å². The molecule has 1 rings (SSSR count). The van der Waals surface area contributed by atoms with Gasteiger partial charge in [0.15, 0.2) is 0 Å². The number of aliphatic carboxylic acids is 1. The zero-order chi connectivity index (χ0) is 15.0. The van der Waals surface area contributed by atoms with Crippen molar-refractivity contribution in [3.05, 3.63) is 29.8 Å². The highest BCUT2D eigenvalue weighted by atomic mass is 16.5. The number of methoxy groups -OCH3 is 1. The number of carboxylic acid groups (broad SMARTS) is 1. The Hall–Kier alpha value is -1.88. The van der Waals surface area contributed by atoms with Crippen LogP contribution < -0.4 is 5.32 Å². The van der Waals surface area contributed by atoms with E-state index in [2.05, 4.69) is 5.32 Å². The Kier molecular flexibility index (Phi) is 6.73. The summed E-state index contributed by atoms with van der Waals surface area (Å²) in [4.78, 5) is 22.4. The summed E-state index contributed by atoms with van der Waals surface area (Å²) < 4.78 is 4.99. The largest absolute Gasteiger partial charge is 0.481 e. The summed E-state index contributed by atoms with van der Waals surface area (Å²) in [7, 11) is 1.61. The molecule has 1 aromatic rings. The quantitative estimate of drug-likeness (QED) is 0.765. The SMILES string of the molecule is COCC(C)CC(=O)Nc1cccc(CCC(=O)O)c1. The van der Waals surface area contributed by atoms with Gasteiger partial charge in [0.2, 0.25) is 5.91 Å². The Morgan fingerprint density at radius 3 is 2.80 bits per heavy atom. The van der Waals surface area contributed by atoms with E-state index in [9.17, 15) is 9.59 Å². The highest BCUT2D eigenvalue weighted by molar-refractivity contribution is 5.90. The number of carbonyl (C=O) groups excluding carboxylic acids is 1. The second-order valence-corrected chi connectivity index (χ2v) is 4.91. The first kappa shape index (κ1) is 16.2. The molecule has 5 nitrogen and oxygen atoms in total. The second-order valence-electron chi connectivity index (χ2n) is 4.91. The monoisotopic (exact) mass is 279 g/mol. The van der Waals surface area contributed by atoms with Crippen LogP contribution in [0.15, 0.2) is 24.3 Å². The van der Waals surface area contributed by atoms with Crippen molar-refractivity contribution in [1.29, 1.82) is 0 Å². The van der Waals surface area contributed by atoms with Crippen LogP contribution in [0.1, 0.15) is 25.3 Å². The lowest BCUT2D eigenvalue weighted by atomic mass is 10.1. The van der Waals surface area contributed by atoms with E-state index in [4.69, 9.17) is 9.84 Å². The van der Waals surface area contributed by atoms with Crippen LogP contribution in [0.2, 0.25) is 0 Å². The molecule has 2 N–H and O–H groups in total. The van der Waals surface area contributed by atoms with Crippen LogP contribution in [-0.2, 0) is 20.7 Å². The maximum Gasteiger partial charge on any atom is 0.303 e. The fraction of sp³-hybridized carbons (Fsp3) is 0.467. The number of ether oxygens (including phenoxy) is 1. The van der Waals surface area contributed by atoms with Gasteiger partial charge in [0.1, 0.15) is 0 Å². The maximum atomic E-state index is 11.8. The van der Waals surface area contributed by atoms with E-state index in [1.807, 2.05) is 25.1 Å². The number of aryl methyl sites for hydroxylation is 1. The number of carbonyl (C=O) groups is 2. The van der Waals surface area contributed by atoms with Crippen LogP contribution in [0.4, 0.5) is 5.69 Å². The summed E-state index contributed by atoms with van der Waals surface area (Å²) in [6.45, 7) is 2.50. The summed E-state index contributed by atoms with van der Waals surface area (Å²) in [6.07, 6.45) is 0.939. The van der Waals surface area contributed by atoms with Gasteiger partial charge in [-0.2, -0.15) is 0 Å². The van der Waals surface area contributed by atoms with Crippen LogP contribution >= 0.6 is 0 Å². The zero-order valence-corrected chi connectivity index (χ0v) is 11.9. The smallest absolute Gasteiger partial charge is 0.303 e. The van der Waals surface area contributed by atoms with E-state index in [0.29, 0.717) is 25.1 Å². The van der Waals surface area contributed by atoms with Crippen molar-refractivity contribution >= 4 is 17.6 Å². The lowest BCUT2D eigenvalue weighted by Gasteiger charge is -2.11. The van der Waals surface area contributed by atoms with Crippen molar-refractivity contribution in [3.8, 4) is 0 Å². The molecule has 0 spiro atoms. The highest BCUT2D eigenvalue weighted by Gasteiger charge is 2.09. The standard InChI is InChI=1S/C15H21NO4/c1-11(10-20-2)8-14(17)16-13-5-3-4-12(9-13)6-7-15(18)19/h3-5,9,11H,6-8,10H2,1-2H3,(H,16,17)(H,18,19). The molecule has 5 heteroatoms. The molecule has 20 heavy (non-hydrogen) atoms. The Bertz CT molecular complexity index is 459. The number of amides is 1. The normalized spacial score (nSPS) is 11.9. The Morgan fingerprint density at radius 2 is 2.15 bits per heavy atom. The summed E-state index contributed by atoms with van der Waals surface area (Å²) in [5.41, 5.74) is 1.60. The van der Waals surface area contributed by atoms with Gasteiger partial charge in [-0.15, -0.1) is 0 Å². The molecule has 0 radical (unpaired) electrons. The number of carboxylic acids is 1. The van der Waals surface area contributed by atoms with Crippen LogP contribution in [0, 0.1) is 5.92 Å². The molecule has 0 aliphatic rings. The molecule has 0 bridgehead atoms. The molecule has 0 fully saturated rings. The summed E-state index contributed by atoms with van der Waals surface area (Å²) in [5, 5.41) is 11.5. The van der Waals surface area contributed by atoms with Gasteiger partial charge in [-0.3, -0.25) is 9.59 Å². The minimum absolute atomic E-state index is 0.0649. The lowest BCUT2D eigenvalue weighted by Crippen LogP contribution is -2.17. The van der Waals surface area contributed by atoms with Crippen LogP contribution in [-0.4, -0.2) is 30.7 Å². The fourth-order valence-electron chi connectivity index (χ4n) is 1.93.